The molecule has 1 atom stereocenters. The average molecular weight is 393 g/mol. The second-order valence-electron chi connectivity index (χ2n) is 4.68. The van der Waals surface area contributed by atoms with Gasteiger partial charge in [-0.05, 0) is 24.3 Å². The van der Waals surface area contributed by atoms with E-state index in [0.717, 1.165) is 12.1 Å². The number of carbonyl (C=O) groups is 1. The molecule has 0 saturated heterocycles. The van der Waals surface area contributed by atoms with Gasteiger partial charge in [0.2, 0.25) is 0 Å². The summed E-state index contributed by atoms with van der Waals surface area (Å²) >= 11 is -0.739. The maximum absolute atomic E-state index is 13.5. The predicted molar refractivity (Wildman–Crippen MR) is 84.8 cm³/mol. The van der Waals surface area contributed by atoms with Gasteiger partial charge < -0.3 is 0 Å². The van der Waals surface area contributed by atoms with Gasteiger partial charge in [0.25, 0.3) is 21.4 Å². The Bertz CT molecular complexity index is 827. The highest BCUT2D eigenvalue weighted by Gasteiger charge is 2.46. The number of amides is 1. The fraction of sp³-hybridized carbons (Fsp3) is 0.133. The van der Waals surface area contributed by atoms with E-state index in [1.54, 1.807) is 0 Å². The zero-order valence-corrected chi connectivity index (χ0v) is 14.0. The van der Waals surface area contributed by atoms with Crippen molar-refractivity contribution in [2.24, 2.45) is 0 Å². The number of nitrogens with zero attached hydrogens (tertiary/aromatic N) is 1. The summed E-state index contributed by atoms with van der Waals surface area (Å²) in [5.74, 6) is -1.28. The van der Waals surface area contributed by atoms with E-state index in [1.807, 2.05) is 0 Å². The number of carbonyl (C=O) groups excluding carboxylic acids is 1. The molecule has 25 heavy (non-hydrogen) atoms. The first-order chi connectivity index (χ1) is 11.6. The molecule has 0 aliphatic rings. The van der Waals surface area contributed by atoms with Crippen LogP contribution in [0.15, 0.2) is 65.6 Å². The topological polar surface area (TPSA) is 54.5 Å². The molecule has 2 aromatic carbocycles. The summed E-state index contributed by atoms with van der Waals surface area (Å²) in [4.78, 5) is 12.0. The number of hydrogen-bond acceptors (Lipinski definition) is 4. The molecular formula is C15H11F4NO3S2. The molecule has 0 saturated carbocycles. The van der Waals surface area contributed by atoms with Crippen molar-refractivity contribution < 1.29 is 30.8 Å². The van der Waals surface area contributed by atoms with Crippen molar-refractivity contribution >= 4 is 27.9 Å². The lowest BCUT2D eigenvalue weighted by atomic mass is 10.2. The minimum absolute atomic E-state index is 0.171. The average Bonchev–Trinajstić information content (AvgIpc) is 2.59. The van der Waals surface area contributed by atoms with Crippen LogP contribution in [-0.2, 0) is 10.0 Å². The predicted octanol–water partition coefficient (Wildman–Crippen LogP) is 4.02. The molecule has 1 unspecified atom stereocenters. The van der Waals surface area contributed by atoms with Crippen molar-refractivity contribution in [2.75, 3.05) is 0 Å². The lowest BCUT2D eigenvalue weighted by Gasteiger charge is -2.23. The number of alkyl halides is 4. The molecule has 0 heterocycles. The fourth-order valence-corrected chi connectivity index (χ4v) is 4.17. The Labute approximate surface area is 145 Å². The molecule has 0 aliphatic carbocycles. The van der Waals surface area contributed by atoms with Crippen molar-refractivity contribution in [1.82, 2.24) is 3.71 Å². The molecule has 0 bridgehead atoms. The van der Waals surface area contributed by atoms with Crippen LogP contribution in [0, 0.1) is 0 Å². The minimum atomic E-state index is -5.33. The van der Waals surface area contributed by atoms with E-state index in [-0.39, 0.29) is 9.27 Å². The third kappa shape index (κ3) is 4.51. The summed E-state index contributed by atoms with van der Waals surface area (Å²) in [6.45, 7) is 0. The Morgan fingerprint density at radius 1 is 0.960 bits per heavy atom. The second-order valence-corrected chi connectivity index (χ2v) is 7.69. The number of hydrogen-bond donors (Lipinski definition) is 0. The molecule has 0 N–H and O–H groups in total. The van der Waals surface area contributed by atoms with Crippen LogP contribution in [0.25, 0.3) is 0 Å². The first-order valence-electron chi connectivity index (χ1n) is 6.71. The molecule has 2 aromatic rings. The fourth-order valence-electron chi connectivity index (χ4n) is 1.73. The van der Waals surface area contributed by atoms with Crippen LogP contribution >= 0.6 is 11.9 Å². The number of rotatable bonds is 5. The summed E-state index contributed by atoms with van der Waals surface area (Å²) in [5, 5.41) is 0. The Hall–Kier alpha value is -2.07. The molecule has 10 heteroatoms. The standard InChI is InChI=1S/C15H11F4NO3S2/c16-14(15(17,18)19)24-20(13(21)11-7-3-1-4-8-11)25(22,23)12-9-5-2-6-10-12/h1-10,14H. The molecule has 2 rings (SSSR count). The molecular weight excluding hydrogens is 382 g/mol. The number of sulfonamides is 1. The van der Waals surface area contributed by atoms with Crippen LogP contribution in [0.5, 0.6) is 0 Å². The highest BCUT2D eigenvalue weighted by Crippen LogP contribution is 2.37. The van der Waals surface area contributed by atoms with Crippen LogP contribution in [-0.4, -0.2) is 29.7 Å². The molecule has 134 valence electrons. The first-order valence-corrected chi connectivity index (χ1v) is 8.99. The SMILES string of the molecule is O=C(c1ccccc1)N(SC(F)C(F)(F)F)S(=O)(=O)c1ccccc1. The van der Waals surface area contributed by atoms with Gasteiger partial charge >= 0.3 is 6.18 Å². The van der Waals surface area contributed by atoms with E-state index in [1.165, 1.54) is 48.5 Å². The molecule has 0 fully saturated rings. The zero-order valence-electron chi connectivity index (χ0n) is 12.4. The lowest BCUT2D eigenvalue weighted by Crippen LogP contribution is -2.35. The smallest absolute Gasteiger partial charge is 0.267 e. The normalized spacial score (nSPS) is 13.3. The molecule has 0 radical (unpaired) electrons. The summed E-state index contributed by atoms with van der Waals surface area (Å²) in [6.07, 6.45) is -5.33. The third-order valence-corrected chi connectivity index (χ3v) is 6.02. The van der Waals surface area contributed by atoms with Crippen LogP contribution in [0.1, 0.15) is 10.4 Å². The zero-order chi connectivity index (χ0) is 18.7. The van der Waals surface area contributed by atoms with E-state index in [4.69, 9.17) is 0 Å². The molecule has 0 spiro atoms. The number of benzene rings is 2. The van der Waals surface area contributed by atoms with Gasteiger partial charge in [-0.15, -0.1) is 0 Å². The van der Waals surface area contributed by atoms with Crippen LogP contribution in [0.3, 0.4) is 0 Å². The van der Waals surface area contributed by atoms with E-state index < -0.39 is 44.5 Å². The van der Waals surface area contributed by atoms with Gasteiger partial charge in [0, 0.05) is 17.5 Å². The Kier molecular flexibility index (Phi) is 5.73. The van der Waals surface area contributed by atoms with Crippen LogP contribution < -0.4 is 0 Å². The summed E-state index contributed by atoms with van der Waals surface area (Å²) in [6, 6.07) is 13.1. The van der Waals surface area contributed by atoms with Gasteiger partial charge in [-0.2, -0.15) is 16.9 Å². The van der Waals surface area contributed by atoms with Gasteiger partial charge in [0.05, 0.1) is 4.90 Å². The largest absolute Gasteiger partial charge is 0.430 e. The van der Waals surface area contributed by atoms with Crippen molar-refractivity contribution in [2.45, 2.75) is 16.6 Å². The Morgan fingerprint density at radius 2 is 1.44 bits per heavy atom. The van der Waals surface area contributed by atoms with Crippen molar-refractivity contribution in [1.29, 1.82) is 0 Å². The van der Waals surface area contributed by atoms with Crippen molar-refractivity contribution in [3.63, 3.8) is 0 Å². The summed E-state index contributed by atoms with van der Waals surface area (Å²) in [5.41, 5.74) is -3.78. The molecule has 0 aliphatic heterocycles. The van der Waals surface area contributed by atoms with E-state index >= 15 is 0 Å². The van der Waals surface area contributed by atoms with E-state index in [9.17, 15) is 30.8 Å². The van der Waals surface area contributed by atoms with Gasteiger partial charge in [-0.1, -0.05) is 36.4 Å². The highest BCUT2D eigenvalue weighted by molar-refractivity contribution is 8.09. The van der Waals surface area contributed by atoms with Crippen LogP contribution in [0.2, 0.25) is 0 Å². The molecule has 4 nitrogen and oxygen atoms in total. The van der Waals surface area contributed by atoms with Crippen LogP contribution in [0.4, 0.5) is 17.6 Å². The third-order valence-electron chi connectivity index (χ3n) is 2.89. The van der Waals surface area contributed by atoms with Crippen molar-refractivity contribution in [3.8, 4) is 0 Å². The first kappa shape index (κ1) is 19.3. The Balaban J connectivity index is 2.47. The Morgan fingerprint density at radius 3 is 1.92 bits per heavy atom. The van der Waals surface area contributed by atoms with Gasteiger partial charge in [0.15, 0.2) is 0 Å². The summed E-state index contributed by atoms with van der Waals surface area (Å²) < 4.78 is 76.0. The second kappa shape index (κ2) is 7.44. The number of halogens is 4. The van der Waals surface area contributed by atoms with Gasteiger partial charge in [-0.25, -0.2) is 12.8 Å². The van der Waals surface area contributed by atoms with E-state index in [2.05, 4.69) is 0 Å². The molecule has 1 amide bonds. The summed E-state index contributed by atoms with van der Waals surface area (Å²) in [7, 11) is -4.70. The van der Waals surface area contributed by atoms with E-state index in [0.29, 0.717) is 0 Å². The lowest BCUT2D eigenvalue weighted by molar-refractivity contribution is -0.154. The quantitative estimate of drug-likeness (QED) is 0.569. The maximum Gasteiger partial charge on any atom is 0.430 e. The van der Waals surface area contributed by atoms with Gasteiger partial charge in [-0.3, -0.25) is 4.79 Å². The van der Waals surface area contributed by atoms with Gasteiger partial charge in [0.1, 0.15) is 0 Å². The molecule has 0 aromatic heterocycles. The van der Waals surface area contributed by atoms with Crippen molar-refractivity contribution in [3.05, 3.63) is 66.2 Å². The highest BCUT2D eigenvalue weighted by atomic mass is 32.3. The minimum Gasteiger partial charge on any atom is -0.267 e. The maximum atomic E-state index is 13.5. The monoisotopic (exact) mass is 393 g/mol.